The molecule has 7 N–H and O–H groups in total. The molecule has 1 aliphatic heterocycles. The third kappa shape index (κ3) is 9.56. The number of ether oxygens (including phenoxy) is 2. The number of fused-ring (bicyclic) bond motifs is 4. The second kappa shape index (κ2) is 20.9. The lowest BCUT2D eigenvalue weighted by Crippen LogP contribution is -2.73. The topological polar surface area (TPSA) is 161 Å². The summed E-state index contributed by atoms with van der Waals surface area (Å²) in [6.45, 7) is 15.9. The zero-order valence-electron chi connectivity index (χ0n) is 39.9. The van der Waals surface area contributed by atoms with Gasteiger partial charge in [-0.3, -0.25) is 10.1 Å². The lowest BCUT2D eigenvalue weighted by molar-refractivity contribution is -0.257. The second-order valence-corrected chi connectivity index (χ2v) is 20.9. The van der Waals surface area contributed by atoms with Crippen LogP contribution in [-0.4, -0.2) is 102 Å². The van der Waals surface area contributed by atoms with Gasteiger partial charge in [-0.05, 0) is 156 Å². The van der Waals surface area contributed by atoms with Crippen LogP contribution >= 0.6 is 0 Å². The largest absolute Gasteiger partial charge is 0.396 e. The number of aliphatic hydroxyl groups is 5. The highest BCUT2D eigenvalue weighted by atomic mass is 16.6. The van der Waals surface area contributed by atoms with E-state index >= 15 is 0 Å². The molecule has 2 spiro atoms. The molecule has 6 rings (SSSR count). The maximum atomic E-state index is 13.5. The average molecular weight is 885 g/mol. The summed E-state index contributed by atoms with van der Waals surface area (Å²) < 4.78 is 11.7. The molecule has 3 saturated carbocycles. The zero-order chi connectivity index (χ0) is 46.5. The number of allylic oxidation sites excluding steroid dienone is 9. The molecule has 1 aromatic rings. The van der Waals surface area contributed by atoms with Gasteiger partial charge in [0.15, 0.2) is 6.29 Å². The van der Waals surface area contributed by atoms with Crippen molar-refractivity contribution >= 4 is 6.29 Å². The molecule has 354 valence electrons. The van der Waals surface area contributed by atoms with Gasteiger partial charge in [0.2, 0.25) is 0 Å². The predicted octanol–water partition coefficient (Wildman–Crippen LogP) is 7.21. The van der Waals surface area contributed by atoms with Crippen LogP contribution in [0.4, 0.5) is 0 Å². The standard InChI is InChI=1S/C54H80N2O8/c1-36(2)29-46(59)64-35-45(14-9-11-37(3)42-16-15-38(4)48(60)56-50(6,25-28-63-8)32-41-13-10-12-40(30-41)31-42)51-20-22-53-44(19-27-57)18-17-43(47(53)39(5)34-58)33-52(62,24-26-55-7)54(53,23-21-51)49(51)61/h9-15,17-18,30,34,36,42-44,46,48-49,55-57,59-62H,3,16,19-29,31-33,35H2,1-2,4-8H3. The van der Waals surface area contributed by atoms with Crippen molar-refractivity contribution in [3.63, 3.8) is 0 Å². The highest BCUT2D eigenvalue weighted by molar-refractivity contribution is 5.75. The van der Waals surface area contributed by atoms with Crippen molar-refractivity contribution in [1.29, 1.82) is 0 Å². The van der Waals surface area contributed by atoms with Crippen molar-refractivity contribution < 1.29 is 39.8 Å². The van der Waals surface area contributed by atoms with Gasteiger partial charge in [0.05, 0.1) is 18.3 Å². The fourth-order valence-electron chi connectivity index (χ4n) is 13.3. The normalized spacial score (nSPS) is 36.5. The zero-order valence-corrected chi connectivity index (χ0v) is 39.9. The van der Waals surface area contributed by atoms with Gasteiger partial charge in [-0.25, -0.2) is 0 Å². The summed E-state index contributed by atoms with van der Waals surface area (Å²) in [6, 6.07) is 8.69. The van der Waals surface area contributed by atoms with Crippen molar-refractivity contribution in [2.45, 2.75) is 141 Å². The van der Waals surface area contributed by atoms with E-state index in [-0.39, 0.29) is 42.4 Å². The lowest BCUT2D eigenvalue weighted by atomic mass is 9.34. The Bertz CT molecular complexity index is 1970. The van der Waals surface area contributed by atoms with Gasteiger partial charge in [-0.2, -0.15) is 0 Å². The SMILES string of the molecule is C=C(C=CC=C(COC(O)CC(C)C)C12CCC34C(=C(C)C=O)C(C=CC3CCO)CC(O)(CCNC)C4(CC1)C2O)C1CC=C(C)C(O)NC(C)(CCOC)Cc2cccc(c2)C1. The molecule has 0 amide bonds. The first-order valence-electron chi connectivity index (χ1n) is 24.0. The smallest absolute Gasteiger partial charge is 0.155 e. The summed E-state index contributed by atoms with van der Waals surface area (Å²) in [4.78, 5) is 12.7. The maximum absolute atomic E-state index is 13.5. The molecule has 1 heterocycles. The molecule has 1 aromatic carbocycles. The summed E-state index contributed by atoms with van der Waals surface area (Å²) >= 11 is 0. The van der Waals surface area contributed by atoms with Gasteiger partial charge in [0.1, 0.15) is 12.5 Å². The van der Waals surface area contributed by atoms with Crippen LogP contribution in [0, 0.1) is 39.9 Å². The monoisotopic (exact) mass is 885 g/mol. The number of methoxy groups -OCH3 is 1. The van der Waals surface area contributed by atoms with Crippen LogP contribution in [0.2, 0.25) is 0 Å². The Morgan fingerprint density at radius 2 is 1.86 bits per heavy atom. The van der Waals surface area contributed by atoms with Crippen molar-refractivity contribution in [1.82, 2.24) is 10.6 Å². The number of hydrogen-bond donors (Lipinski definition) is 7. The van der Waals surface area contributed by atoms with E-state index in [2.05, 4.69) is 78.8 Å². The molecule has 64 heavy (non-hydrogen) atoms. The molecule has 0 radical (unpaired) electrons. The van der Waals surface area contributed by atoms with E-state index in [1.54, 1.807) is 7.11 Å². The van der Waals surface area contributed by atoms with Crippen LogP contribution in [0.5, 0.6) is 0 Å². The number of benzene rings is 1. The molecule has 10 nitrogen and oxygen atoms in total. The number of aldehydes is 1. The fourth-order valence-corrected chi connectivity index (χ4v) is 13.3. The first-order chi connectivity index (χ1) is 30.5. The van der Waals surface area contributed by atoms with Crippen LogP contribution in [0.25, 0.3) is 0 Å². The van der Waals surface area contributed by atoms with E-state index in [1.807, 2.05) is 40.8 Å². The number of nitrogens with one attached hydrogen (secondary N) is 2. The summed E-state index contributed by atoms with van der Waals surface area (Å²) in [6.07, 6.45) is 17.7. The summed E-state index contributed by atoms with van der Waals surface area (Å²) in [5, 5.41) is 66.5. The van der Waals surface area contributed by atoms with Crippen LogP contribution in [0.3, 0.4) is 0 Å². The third-order valence-corrected chi connectivity index (χ3v) is 16.4. The average Bonchev–Trinajstić information content (AvgIpc) is 3.46. The molecule has 6 bridgehead atoms. The Balaban J connectivity index is 1.40. The van der Waals surface area contributed by atoms with Crippen LogP contribution in [0.1, 0.15) is 110 Å². The van der Waals surface area contributed by atoms with Gasteiger partial charge in [-0.15, -0.1) is 0 Å². The molecular formula is C54H80N2O8. The molecule has 10 heteroatoms. The Kier molecular flexibility index (Phi) is 16.4. The summed E-state index contributed by atoms with van der Waals surface area (Å²) in [7, 11) is 3.58. The van der Waals surface area contributed by atoms with E-state index in [0.29, 0.717) is 76.5 Å². The van der Waals surface area contributed by atoms with Crippen molar-refractivity contribution in [3.8, 4) is 0 Å². The first-order valence-corrected chi connectivity index (χ1v) is 24.0. The van der Waals surface area contributed by atoms with Crippen molar-refractivity contribution in [2.75, 3.05) is 40.5 Å². The number of hydrogen-bond acceptors (Lipinski definition) is 10. The van der Waals surface area contributed by atoms with Crippen LogP contribution < -0.4 is 10.6 Å². The fraction of sp³-hybridized carbons (Fsp3) is 0.648. The molecule has 4 aliphatic carbocycles. The number of carbonyl (C=O) groups excluding carboxylic acids is 1. The molecule has 5 aliphatic rings. The first kappa shape index (κ1) is 50.4. The molecular weight excluding hydrogens is 805 g/mol. The number of rotatable bonds is 18. The van der Waals surface area contributed by atoms with E-state index < -0.39 is 40.5 Å². The van der Waals surface area contributed by atoms with E-state index in [9.17, 15) is 30.3 Å². The number of carbonyl (C=O) groups is 1. The van der Waals surface area contributed by atoms with E-state index in [0.717, 1.165) is 47.8 Å². The second-order valence-electron chi connectivity index (χ2n) is 20.9. The van der Waals surface area contributed by atoms with Crippen LogP contribution in [0.15, 0.2) is 95.2 Å². The van der Waals surface area contributed by atoms with E-state index in [4.69, 9.17) is 9.47 Å². The Labute approximate surface area is 383 Å². The predicted molar refractivity (Wildman–Crippen MR) is 254 cm³/mol. The van der Waals surface area contributed by atoms with Crippen molar-refractivity contribution in [2.24, 2.45) is 39.9 Å². The molecule has 11 unspecified atom stereocenters. The summed E-state index contributed by atoms with van der Waals surface area (Å²) in [5.74, 6) is -0.0733. The van der Waals surface area contributed by atoms with Gasteiger partial charge < -0.3 is 40.3 Å². The minimum Gasteiger partial charge on any atom is -0.396 e. The van der Waals surface area contributed by atoms with E-state index in [1.165, 1.54) is 11.1 Å². The van der Waals surface area contributed by atoms with Gasteiger partial charge in [0.25, 0.3) is 0 Å². The molecule has 3 fully saturated rings. The van der Waals surface area contributed by atoms with Crippen molar-refractivity contribution in [3.05, 3.63) is 106 Å². The molecule has 11 atom stereocenters. The third-order valence-electron chi connectivity index (χ3n) is 16.4. The summed E-state index contributed by atoms with van der Waals surface area (Å²) in [5.41, 5.74) is 2.54. The Morgan fingerprint density at radius 3 is 2.56 bits per heavy atom. The number of aliphatic hydroxyl groups excluding tert-OH is 4. The maximum Gasteiger partial charge on any atom is 0.155 e. The van der Waals surface area contributed by atoms with Crippen LogP contribution in [-0.2, 0) is 27.1 Å². The highest BCUT2D eigenvalue weighted by Gasteiger charge is 2.79. The Morgan fingerprint density at radius 1 is 1.11 bits per heavy atom. The quantitative estimate of drug-likeness (QED) is 0.0264. The minimum atomic E-state index is -1.27. The minimum absolute atomic E-state index is 0.0356. The molecule has 0 aromatic heterocycles. The van der Waals surface area contributed by atoms with Gasteiger partial charge in [-0.1, -0.05) is 86.7 Å². The lowest BCUT2D eigenvalue weighted by Gasteiger charge is -2.71. The van der Waals surface area contributed by atoms with Gasteiger partial charge >= 0.3 is 0 Å². The highest BCUT2D eigenvalue weighted by Crippen LogP contribution is 2.80. The molecule has 0 saturated heterocycles. The van der Waals surface area contributed by atoms with Gasteiger partial charge in [0, 0.05) is 54.4 Å². The Hall–Kier alpha value is -3.03.